The second-order valence-electron chi connectivity index (χ2n) is 11.9. The third-order valence-electron chi connectivity index (χ3n) is 8.87. The fourth-order valence-electron chi connectivity index (χ4n) is 6.85. The minimum absolute atomic E-state index is 0.0349. The molecule has 0 aromatic heterocycles. The highest BCUT2D eigenvalue weighted by atomic mass is 16.3. The number of rotatable bonds is 5. The first kappa shape index (κ1) is 29.2. The second-order valence-corrected chi connectivity index (χ2v) is 11.9. The normalized spacial score (nSPS) is 25.3. The van der Waals surface area contributed by atoms with Crippen LogP contribution in [-0.2, 0) is 20.8 Å². The quantitative estimate of drug-likeness (QED) is 0.331. The fourth-order valence-corrected chi connectivity index (χ4v) is 6.85. The van der Waals surface area contributed by atoms with Gasteiger partial charge in [-0.15, -0.1) is 0 Å². The molecule has 0 bridgehead atoms. The Labute approximate surface area is 243 Å². The number of carbonyl (C=O) groups excluding carboxylic acids is 3. The number of Topliss-reactive ketones (excluding diaryl/α,β-unsaturated/α-hetero) is 2. The molecular formula is C31H36N4O7. The Morgan fingerprint density at radius 1 is 0.976 bits per heavy atom. The predicted molar refractivity (Wildman–Crippen MR) is 158 cm³/mol. The van der Waals surface area contributed by atoms with E-state index in [4.69, 9.17) is 5.73 Å². The summed E-state index contributed by atoms with van der Waals surface area (Å²) in [5, 5.41) is 46.1. The van der Waals surface area contributed by atoms with Crippen molar-refractivity contribution in [3.05, 3.63) is 58.4 Å². The van der Waals surface area contributed by atoms with E-state index in [1.165, 1.54) is 4.90 Å². The van der Waals surface area contributed by atoms with Crippen molar-refractivity contribution in [1.29, 1.82) is 0 Å². The first-order chi connectivity index (χ1) is 19.6. The number of phenols is 1. The Bertz CT molecular complexity index is 1590. The molecule has 2 aromatic carbocycles. The number of aromatic hydroxyl groups is 1. The van der Waals surface area contributed by atoms with Gasteiger partial charge in [-0.2, -0.15) is 0 Å². The van der Waals surface area contributed by atoms with E-state index in [1.54, 1.807) is 14.1 Å². The zero-order chi connectivity index (χ0) is 31.0. The average Bonchev–Trinajstić information content (AvgIpc) is 2.90. The van der Waals surface area contributed by atoms with E-state index < -0.39 is 58.0 Å². The van der Waals surface area contributed by atoms with Crippen LogP contribution in [0.2, 0.25) is 0 Å². The number of aliphatic hydroxyl groups is 3. The lowest BCUT2D eigenvalue weighted by atomic mass is 9.57. The smallest absolute Gasteiger partial charge is 0.255 e. The highest BCUT2D eigenvalue weighted by Gasteiger charge is 2.64. The zero-order valence-corrected chi connectivity index (χ0v) is 24.5. The third kappa shape index (κ3) is 3.98. The fraction of sp³-hybridized carbons (Fsp3) is 0.387. The van der Waals surface area contributed by atoms with Crippen molar-refractivity contribution in [2.75, 3.05) is 52.1 Å². The van der Waals surface area contributed by atoms with Crippen LogP contribution >= 0.6 is 0 Å². The average molecular weight is 577 g/mol. The number of carbonyl (C=O) groups is 3. The molecule has 2 aromatic rings. The number of hydrogen-bond acceptors (Lipinski definition) is 10. The maximum atomic E-state index is 14.1. The van der Waals surface area contributed by atoms with E-state index >= 15 is 0 Å². The number of amides is 1. The number of hydrogen-bond donors (Lipinski definition) is 5. The molecule has 11 heteroatoms. The molecule has 1 fully saturated rings. The molecule has 4 atom stereocenters. The molecule has 3 aliphatic rings. The van der Waals surface area contributed by atoms with E-state index in [1.807, 2.05) is 68.3 Å². The summed E-state index contributed by atoms with van der Waals surface area (Å²) in [6, 6.07) is 8.19. The lowest BCUT2D eigenvalue weighted by Gasteiger charge is -2.50. The van der Waals surface area contributed by atoms with Crippen molar-refractivity contribution in [2.24, 2.45) is 17.6 Å². The van der Waals surface area contributed by atoms with Gasteiger partial charge < -0.3 is 36.0 Å². The van der Waals surface area contributed by atoms with Gasteiger partial charge in [-0.3, -0.25) is 19.3 Å². The van der Waals surface area contributed by atoms with Gasteiger partial charge in [0.15, 0.2) is 11.4 Å². The van der Waals surface area contributed by atoms with Crippen LogP contribution in [0, 0.1) is 11.8 Å². The van der Waals surface area contributed by atoms with Gasteiger partial charge in [0, 0.05) is 56.6 Å². The van der Waals surface area contributed by atoms with E-state index in [-0.39, 0.29) is 29.7 Å². The number of nitrogens with two attached hydrogens (primary N) is 1. The van der Waals surface area contributed by atoms with Crippen molar-refractivity contribution < 1.29 is 34.8 Å². The highest BCUT2D eigenvalue weighted by molar-refractivity contribution is 6.24. The number of aliphatic hydroxyl groups excluding tert-OH is 2. The summed E-state index contributed by atoms with van der Waals surface area (Å²) in [6.45, 7) is 0. The van der Waals surface area contributed by atoms with Crippen LogP contribution in [0.1, 0.15) is 17.5 Å². The van der Waals surface area contributed by atoms with Crippen molar-refractivity contribution in [3.63, 3.8) is 0 Å². The molecule has 1 saturated carbocycles. The van der Waals surface area contributed by atoms with Crippen molar-refractivity contribution in [3.8, 4) is 16.9 Å². The number of likely N-dealkylation sites (N-methyl/N-ethyl adjacent to an activating group) is 1. The molecule has 1 amide bonds. The molecule has 42 heavy (non-hydrogen) atoms. The SMILES string of the molecule is CN(C)c1ccc(-c2cc(N(C)C)c3c(c2O)C(O)=C2C(=O)[C@]4(O)C(O)=C(C(N)=O)C(=O)[C@@H](N(C)C)[C@@H]4C[C@@H]2C3)cc1. The summed E-state index contributed by atoms with van der Waals surface area (Å²) in [7, 11) is 10.6. The largest absolute Gasteiger partial charge is 0.508 e. The molecule has 11 nitrogen and oxygen atoms in total. The van der Waals surface area contributed by atoms with Gasteiger partial charge in [0.25, 0.3) is 5.91 Å². The predicted octanol–water partition coefficient (Wildman–Crippen LogP) is 1.76. The first-order valence-electron chi connectivity index (χ1n) is 13.6. The lowest BCUT2D eigenvalue weighted by Crippen LogP contribution is -2.65. The minimum atomic E-state index is -2.68. The summed E-state index contributed by atoms with van der Waals surface area (Å²) >= 11 is 0. The molecule has 0 radical (unpaired) electrons. The van der Waals surface area contributed by atoms with Gasteiger partial charge in [-0.05, 0) is 62.2 Å². The van der Waals surface area contributed by atoms with E-state index in [9.17, 15) is 34.8 Å². The molecule has 0 saturated heterocycles. The van der Waals surface area contributed by atoms with Gasteiger partial charge in [-0.1, -0.05) is 12.1 Å². The van der Waals surface area contributed by atoms with Crippen molar-refractivity contribution >= 4 is 34.6 Å². The summed E-state index contributed by atoms with van der Waals surface area (Å²) in [5.74, 6) is -6.70. The van der Waals surface area contributed by atoms with Gasteiger partial charge in [0.1, 0.15) is 22.8 Å². The lowest BCUT2D eigenvalue weighted by molar-refractivity contribution is -0.153. The van der Waals surface area contributed by atoms with Crippen LogP contribution in [0.3, 0.4) is 0 Å². The van der Waals surface area contributed by atoms with Crippen molar-refractivity contribution in [1.82, 2.24) is 4.90 Å². The van der Waals surface area contributed by atoms with Crippen molar-refractivity contribution in [2.45, 2.75) is 24.5 Å². The Kier molecular flexibility index (Phi) is 6.86. The van der Waals surface area contributed by atoms with Gasteiger partial charge in [0.05, 0.1) is 11.6 Å². The van der Waals surface area contributed by atoms with Gasteiger partial charge in [-0.25, -0.2) is 0 Å². The molecule has 6 N–H and O–H groups in total. The molecule has 0 aliphatic heterocycles. The molecule has 0 unspecified atom stereocenters. The monoisotopic (exact) mass is 576 g/mol. The molecule has 5 rings (SSSR count). The standard InChI is InChI=1S/C31H36N4O7/c1-33(2)16-9-7-14(8-10-16)17-13-20(34(3)4)18-11-15-12-19-24(35(5)6)27(38)23(30(32)41)29(40)31(19,42)28(39)21(15)26(37)22(18)25(17)36/h7-10,13,15,19,24,36-37,40,42H,11-12H2,1-6H3,(H2,32,41)/t15-,19-,24-,31-/m0/s1. The van der Waals surface area contributed by atoms with Crippen LogP contribution in [0.5, 0.6) is 5.75 Å². The molecule has 222 valence electrons. The number of fused-ring (bicyclic) bond motifs is 3. The topological polar surface area (TPSA) is 168 Å². The van der Waals surface area contributed by atoms with Gasteiger partial charge in [0.2, 0.25) is 5.78 Å². The Morgan fingerprint density at radius 3 is 2.12 bits per heavy atom. The van der Waals surface area contributed by atoms with Crippen LogP contribution in [0.25, 0.3) is 16.9 Å². The summed E-state index contributed by atoms with van der Waals surface area (Å²) < 4.78 is 0. The maximum Gasteiger partial charge on any atom is 0.255 e. The molecule has 3 aliphatic carbocycles. The van der Waals surface area contributed by atoms with Crippen LogP contribution in [0.15, 0.2) is 47.2 Å². The summed E-state index contributed by atoms with van der Waals surface area (Å²) in [4.78, 5) is 44.9. The Balaban J connectivity index is 1.75. The second kappa shape index (κ2) is 9.88. The van der Waals surface area contributed by atoms with Gasteiger partial charge >= 0.3 is 0 Å². The van der Waals surface area contributed by atoms with E-state index in [0.29, 0.717) is 16.7 Å². The number of primary amides is 1. The summed E-state index contributed by atoms with van der Waals surface area (Å²) in [5.41, 5.74) is 5.17. The Morgan fingerprint density at radius 2 is 1.60 bits per heavy atom. The van der Waals surface area contributed by atoms with Crippen LogP contribution < -0.4 is 15.5 Å². The Hall–Kier alpha value is -4.35. The first-order valence-corrected chi connectivity index (χ1v) is 13.6. The number of phenolic OH excluding ortho intramolecular Hbond substituents is 1. The zero-order valence-electron chi connectivity index (χ0n) is 24.5. The molecule has 0 heterocycles. The van der Waals surface area contributed by atoms with Crippen LogP contribution in [-0.4, -0.2) is 96.7 Å². The third-order valence-corrected chi connectivity index (χ3v) is 8.87. The number of nitrogens with zero attached hydrogens (tertiary/aromatic N) is 3. The maximum absolute atomic E-state index is 14.1. The van der Waals surface area contributed by atoms with Crippen LogP contribution in [0.4, 0.5) is 11.4 Å². The molecule has 0 spiro atoms. The minimum Gasteiger partial charge on any atom is -0.508 e. The van der Waals surface area contributed by atoms with E-state index in [2.05, 4.69) is 0 Å². The number of anilines is 2. The number of ketones is 2. The summed E-state index contributed by atoms with van der Waals surface area (Å²) in [6.07, 6.45) is 0.253. The number of benzene rings is 2. The van der Waals surface area contributed by atoms with E-state index in [0.717, 1.165) is 11.4 Å². The molecular weight excluding hydrogens is 540 g/mol. The highest BCUT2D eigenvalue weighted by Crippen LogP contribution is 2.55.